The molecule has 0 aliphatic heterocycles. The van der Waals surface area contributed by atoms with Crippen LogP contribution in [0.15, 0.2) is 52.5 Å². The van der Waals surface area contributed by atoms with Crippen molar-refractivity contribution in [1.82, 2.24) is 0 Å². The molecule has 0 radical (unpaired) electrons. The van der Waals surface area contributed by atoms with Crippen LogP contribution in [0.25, 0.3) is 0 Å². The number of methoxy groups -OCH3 is 1. The van der Waals surface area contributed by atoms with E-state index in [1.807, 2.05) is 30.5 Å². The van der Waals surface area contributed by atoms with Crippen molar-refractivity contribution in [2.24, 2.45) is 10.9 Å². The first kappa shape index (κ1) is 15.1. The Labute approximate surface area is 127 Å². The summed E-state index contributed by atoms with van der Waals surface area (Å²) in [5.74, 6) is 1.77. The Morgan fingerprint density at radius 3 is 2.62 bits per heavy atom. The Balaban J connectivity index is 2.46. The predicted octanol–water partition coefficient (Wildman–Crippen LogP) is 3.30. The molecule has 0 aliphatic rings. The monoisotopic (exact) mass is 304 g/mol. The molecule has 0 fully saturated rings. The maximum Gasteiger partial charge on any atom is 0.173 e. The van der Waals surface area contributed by atoms with E-state index in [4.69, 9.17) is 20.4 Å². The van der Waals surface area contributed by atoms with Gasteiger partial charge in [0.1, 0.15) is 17.2 Å². The van der Waals surface area contributed by atoms with Crippen molar-refractivity contribution in [2.75, 3.05) is 13.4 Å². The van der Waals surface area contributed by atoms with E-state index in [0.717, 1.165) is 4.90 Å². The molecule has 0 aliphatic carbocycles. The maximum atomic E-state index is 8.88. The van der Waals surface area contributed by atoms with Gasteiger partial charge in [0, 0.05) is 11.0 Å². The summed E-state index contributed by atoms with van der Waals surface area (Å²) >= 11 is 1.58. The summed E-state index contributed by atoms with van der Waals surface area (Å²) in [7, 11) is 1.57. The predicted molar refractivity (Wildman–Crippen MR) is 83.8 cm³/mol. The smallest absolute Gasteiger partial charge is 0.173 e. The molecule has 0 unspecified atom stereocenters. The standard InChI is InChI=1S/C15H16N2O3S/c1-19-10-7-8-11(15(16)17-18)13(9-10)20-12-5-3-4-6-14(12)21-2/h3-9,18H,1-2H3,(H2,16,17). The van der Waals surface area contributed by atoms with E-state index in [0.29, 0.717) is 22.8 Å². The lowest BCUT2D eigenvalue weighted by atomic mass is 10.1. The Hall–Kier alpha value is -2.34. The van der Waals surface area contributed by atoms with Crippen molar-refractivity contribution in [2.45, 2.75) is 4.90 Å². The molecule has 0 amide bonds. The van der Waals surface area contributed by atoms with Gasteiger partial charge in [0.25, 0.3) is 0 Å². The van der Waals surface area contributed by atoms with Gasteiger partial charge in [-0.05, 0) is 30.5 Å². The van der Waals surface area contributed by atoms with E-state index in [1.165, 1.54) is 0 Å². The average Bonchev–Trinajstić information content (AvgIpc) is 2.54. The van der Waals surface area contributed by atoms with Gasteiger partial charge < -0.3 is 20.4 Å². The summed E-state index contributed by atoms with van der Waals surface area (Å²) in [6, 6.07) is 12.8. The van der Waals surface area contributed by atoms with Crippen LogP contribution < -0.4 is 15.2 Å². The van der Waals surface area contributed by atoms with Gasteiger partial charge in [0.05, 0.1) is 12.7 Å². The highest BCUT2D eigenvalue weighted by atomic mass is 32.2. The fourth-order valence-electron chi connectivity index (χ4n) is 1.80. The molecule has 3 N–H and O–H groups in total. The molecule has 0 bridgehead atoms. The summed E-state index contributed by atoms with van der Waals surface area (Å²) < 4.78 is 11.1. The first-order valence-corrected chi connectivity index (χ1v) is 7.39. The maximum absolute atomic E-state index is 8.88. The van der Waals surface area contributed by atoms with Crippen molar-refractivity contribution in [1.29, 1.82) is 0 Å². The van der Waals surface area contributed by atoms with Crippen molar-refractivity contribution < 1.29 is 14.7 Å². The van der Waals surface area contributed by atoms with Crippen LogP contribution in [0, 0.1) is 0 Å². The van der Waals surface area contributed by atoms with Gasteiger partial charge in [-0.2, -0.15) is 0 Å². The lowest BCUT2D eigenvalue weighted by Crippen LogP contribution is -2.14. The van der Waals surface area contributed by atoms with E-state index in [9.17, 15) is 0 Å². The van der Waals surface area contributed by atoms with E-state index < -0.39 is 0 Å². The van der Waals surface area contributed by atoms with Crippen molar-refractivity contribution in [3.63, 3.8) is 0 Å². The number of thioether (sulfide) groups is 1. The van der Waals surface area contributed by atoms with E-state index in [-0.39, 0.29) is 5.84 Å². The third-order valence-corrected chi connectivity index (χ3v) is 3.64. The van der Waals surface area contributed by atoms with Crippen LogP contribution in [0.2, 0.25) is 0 Å². The number of rotatable bonds is 5. The zero-order valence-electron chi connectivity index (χ0n) is 11.7. The van der Waals surface area contributed by atoms with Crippen LogP contribution in [-0.4, -0.2) is 24.4 Å². The number of hydrogen-bond acceptors (Lipinski definition) is 5. The quantitative estimate of drug-likeness (QED) is 0.291. The zero-order valence-corrected chi connectivity index (χ0v) is 12.6. The Morgan fingerprint density at radius 1 is 1.19 bits per heavy atom. The van der Waals surface area contributed by atoms with Crippen molar-refractivity contribution in [3.8, 4) is 17.2 Å². The number of para-hydroxylation sites is 1. The van der Waals surface area contributed by atoms with Crippen LogP contribution in [0.4, 0.5) is 0 Å². The second-order valence-corrected chi connectivity index (χ2v) is 4.95. The van der Waals surface area contributed by atoms with E-state index in [1.54, 1.807) is 37.1 Å². The summed E-state index contributed by atoms with van der Waals surface area (Å²) in [6.45, 7) is 0. The average molecular weight is 304 g/mol. The molecule has 2 aromatic rings. The van der Waals surface area contributed by atoms with E-state index in [2.05, 4.69) is 5.16 Å². The van der Waals surface area contributed by atoms with Crippen LogP contribution >= 0.6 is 11.8 Å². The molecule has 110 valence electrons. The summed E-state index contributed by atoms with van der Waals surface area (Å²) in [5.41, 5.74) is 6.18. The highest BCUT2D eigenvalue weighted by Crippen LogP contribution is 2.34. The SMILES string of the molecule is COc1ccc(/C(N)=N/O)c(Oc2ccccc2SC)c1. The number of benzene rings is 2. The summed E-state index contributed by atoms with van der Waals surface area (Å²) in [4.78, 5) is 0.991. The largest absolute Gasteiger partial charge is 0.497 e. The molecule has 5 nitrogen and oxygen atoms in total. The number of amidine groups is 1. The minimum atomic E-state index is -0.0192. The third-order valence-electron chi connectivity index (χ3n) is 2.86. The van der Waals surface area contributed by atoms with Crippen LogP contribution in [0.1, 0.15) is 5.56 Å². The molecule has 2 aromatic carbocycles. The Morgan fingerprint density at radius 2 is 1.95 bits per heavy atom. The van der Waals surface area contributed by atoms with E-state index >= 15 is 0 Å². The number of hydrogen-bond donors (Lipinski definition) is 2. The van der Waals surface area contributed by atoms with Crippen molar-refractivity contribution >= 4 is 17.6 Å². The first-order valence-electron chi connectivity index (χ1n) is 6.16. The second-order valence-electron chi connectivity index (χ2n) is 4.10. The van der Waals surface area contributed by atoms with Gasteiger partial charge in [0.2, 0.25) is 0 Å². The van der Waals surface area contributed by atoms with Crippen LogP contribution in [0.3, 0.4) is 0 Å². The zero-order chi connectivity index (χ0) is 15.2. The van der Waals surface area contributed by atoms with Gasteiger partial charge in [-0.1, -0.05) is 17.3 Å². The van der Waals surface area contributed by atoms with Gasteiger partial charge in [0.15, 0.2) is 5.84 Å². The molecule has 6 heteroatoms. The minimum absolute atomic E-state index is 0.0192. The van der Waals surface area contributed by atoms with Gasteiger partial charge in [-0.25, -0.2) is 0 Å². The summed E-state index contributed by atoms with van der Waals surface area (Å²) in [6.07, 6.45) is 1.97. The molecule has 0 saturated heterocycles. The molecular weight excluding hydrogens is 288 g/mol. The Kier molecular flexibility index (Phi) is 4.94. The highest BCUT2D eigenvalue weighted by Gasteiger charge is 2.12. The normalized spacial score (nSPS) is 11.2. The van der Waals surface area contributed by atoms with Gasteiger partial charge in [-0.15, -0.1) is 11.8 Å². The minimum Gasteiger partial charge on any atom is -0.497 e. The lowest BCUT2D eigenvalue weighted by Gasteiger charge is -2.13. The third kappa shape index (κ3) is 3.41. The van der Waals surface area contributed by atoms with Crippen LogP contribution in [-0.2, 0) is 0 Å². The fraction of sp³-hybridized carbons (Fsp3) is 0.133. The highest BCUT2D eigenvalue weighted by molar-refractivity contribution is 7.98. The van der Waals surface area contributed by atoms with Crippen LogP contribution in [0.5, 0.6) is 17.2 Å². The number of oxime groups is 1. The lowest BCUT2D eigenvalue weighted by molar-refractivity contribution is 0.318. The molecule has 0 heterocycles. The topological polar surface area (TPSA) is 77.1 Å². The number of nitrogens with zero attached hydrogens (tertiary/aromatic N) is 1. The summed E-state index contributed by atoms with van der Waals surface area (Å²) in [5, 5.41) is 11.9. The fourth-order valence-corrected chi connectivity index (χ4v) is 2.33. The molecule has 21 heavy (non-hydrogen) atoms. The van der Waals surface area contributed by atoms with Crippen molar-refractivity contribution in [3.05, 3.63) is 48.0 Å². The Bertz CT molecular complexity index is 659. The first-order chi connectivity index (χ1) is 10.2. The second kappa shape index (κ2) is 6.90. The van der Waals surface area contributed by atoms with Gasteiger partial charge >= 0.3 is 0 Å². The molecule has 0 saturated carbocycles. The number of nitrogens with two attached hydrogens (primary N) is 1. The molecule has 0 aromatic heterocycles. The molecule has 2 rings (SSSR count). The molecule has 0 atom stereocenters. The number of ether oxygens (including phenoxy) is 2. The molecule has 0 spiro atoms. The van der Waals surface area contributed by atoms with Gasteiger partial charge in [-0.3, -0.25) is 0 Å². The molecular formula is C15H16N2O3S.